The molecule has 0 aromatic rings. The van der Waals surface area contributed by atoms with Crippen LogP contribution in [0.1, 0.15) is 71.6 Å². The fourth-order valence-corrected chi connectivity index (χ4v) is 6.54. The van der Waals surface area contributed by atoms with E-state index in [2.05, 4.69) is 31.8 Å². The Morgan fingerprint density at radius 2 is 1.95 bits per heavy atom. The van der Waals surface area contributed by atoms with Gasteiger partial charge in [-0.05, 0) is 87.0 Å². The first-order chi connectivity index (χ1) is 9.59. The highest BCUT2D eigenvalue weighted by Crippen LogP contribution is 2.66. The van der Waals surface area contributed by atoms with E-state index in [1.165, 1.54) is 51.4 Å². The van der Waals surface area contributed by atoms with Crippen molar-refractivity contribution in [3.63, 3.8) is 0 Å². The van der Waals surface area contributed by atoms with E-state index in [0.29, 0.717) is 10.8 Å². The largest absolute Gasteiger partial charge is 0.314 e. The van der Waals surface area contributed by atoms with E-state index >= 15 is 0 Å². The SMILES string of the molecule is C=CCCCC(NCC)C12CC3CC(CC(C)(C3)C1)C2. The van der Waals surface area contributed by atoms with Crippen LogP contribution in [0.3, 0.4) is 0 Å². The standard InChI is InChI=1S/C19H33N/c1-4-6-7-8-17(20-5-2)19-12-15-9-16(13-19)11-18(3,10-15)14-19/h4,15-17,20H,1,5-14H2,2-3H3. The van der Waals surface area contributed by atoms with Crippen molar-refractivity contribution in [2.75, 3.05) is 6.54 Å². The van der Waals surface area contributed by atoms with Crippen LogP contribution < -0.4 is 5.32 Å². The lowest BCUT2D eigenvalue weighted by Crippen LogP contribution is -2.58. The van der Waals surface area contributed by atoms with Crippen LogP contribution in [-0.4, -0.2) is 12.6 Å². The van der Waals surface area contributed by atoms with Gasteiger partial charge in [-0.25, -0.2) is 0 Å². The highest BCUT2D eigenvalue weighted by molar-refractivity contribution is 5.09. The Labute approximate surface area is 125 Å². The normalized spacial score (nSPS) is 43.7. The summed E-state index contributed by atoms with van der Waals surface area (Å²) in [5.74, 6) is 2.09. The highest BCUT2D eigenvalue weighted by Gasteiger charge is 2.57. The zero-order chi connectivity index (χ0) is 14.2. The van der Waals surface area contributed by atoms with Gasteiger partial charge in [-0.2, -0.15) is 0 Å². The van der Waals surface area contributed by atoms with Crippen LogP contribution in [-0.2, 0) is 0 Å². The van der Waals surface area contributed by atoms with Gasteiger partial charge in [0, 0.05) is 6.04 Å². The molecule has 0 amide bonds. The second-order valence-electron chi connectivity index (χ2n) is 8.46. The molecule has 4 bridgehead atoms. The molecule has 114 valence electrons. The average Bonchev–Trinajstić information content (AvgIpc) is 2.35. The number of hydrogen-bond acceptors (Lipinski definition) is 1. The maximum absolute atomic E-state index is 3.89. The van der Waals surface area contributed by atoms with E-state index in [4.69, 9.17) is 0 Å². The van der Waals surface area contributed by atoms with E-state index in [0.717, 1.165) is 24.4 Å². The molecule has 4 fully saturated rings. The van der Waals surface area contributed by atoms with Gasteiger partial charge in [-0.15, -0.1) is 6.58 Å². The first kappa shape index (κ1) is 14.6. The molecule has 1 nitrogen and oxygen atoms in total. The monoisotopic (exact) mass is 275 g/mol. The summed E-state index contributed by atoms with van der Waals surface area (Å²) in [6, 6.07) is 0.762. The molecule has 4 rings (SSSR count). The first-order valence-electron chi connectivity index (χ1n) is 8.93. The van der Waals surface area contributed by atoms with Crippen molar-refractivity contribution in [2.45, 2.75) is 77.7 Å². The van der Waals surface area contributed by atoms with Crippen LogP contribution in [0.4, 0.5) is 0 Å². The number of allylic oxidation sites excluding steroid dienone is 1. The molecule has 20 heavy (non-hydrogen) atoms. The van der Waals surface area contributed by atoms with Crippen molar-refractivity contribution in [1.29, 1.82) is 0 Å². The van der Waals surface area contributed by atoms with E-state index in [-0.39, 0.29) is 0 Å². The Bertz CT molecular complexity index is 345. The van der Waals surface area contributed by atoms with E-state index in [1.54, 1.807) is 6.42 Å². The summed E-state index contributed by atoms with van der Waals surface area (Å²) in [5, 5.41) is 3.88. The predicted octanol–water partition coefficient (Wildman–Crippen LogP) is 4.93. The van der Waals surface area contributed by atoms with Crippen LogP contribution >= 0.6 is 0 Å². The summed E-state index contributed by atoms with van der Waals surface area (Å²) in [4.78, 5) is 0. The van der Waals surface area contributed by atoms with Gasteiger partial charge in [-0.1, -0.05) is 19.9 Å². The van der Waals surface area contributed by atoms with Crippen molar-refractivity contribution < 1.29 is 0 Å². The molecular formula is C19H33N. The number of nitrogens with one attached hydrogen (secondary N) is 1. The summed E-state index contributed by atoms with van der Waals surface area (Å²) in [6.07, 6.45) is 15.1. The lowest BCUT2D eigenvalue weighted by atomic mass is 9.43. The summed E-state index contributed by atoms with van der Waals surface area (Å²) in [5.41, 5.74) is 1.31. The third-order valence-electron chi connectivity index (χ3n) is 6.49. The van der Waals surface area contributed by atoms with Crippen LogP contribution in [0.5, 0.6) is 0 Å². The first-order valence-corrected chi connectivity index (χ1v) is 8.93. The lowest BCUT2D eigenvalue weighted by molar-refractivity contribution is -0.119. The molecule has 0 saturated heterocycles. The van der Waals surface area contributed by atoms with Crippen LogP contribution in [0.25, 0.3) is 0 Å². The van der Waals surface area contributed by atoms with Crippen LogP contribution in [0, 0.1) is 22.7 Å². The molecule has 1 heteroatoms. The van der Waals surface area contributed by atoms with Crippen LogP contribution in [0.2, 0.25) is 0 Å². The molecule has 0 aromatic carbocycles. The Hall–Kier alpha value is -0.300. The lowest BCUT2D eigenvalue weighted by Gasteiger charge is -2.63. The molecule has 4 aliphatic carbocycles. The van der Waals surface area contributed by atoms with Gasteiger partial charge in [0.25, 0.3) is 0 Å². The van der Waals surface area contributed by atoms with Crippen molar-refractivity contribution in [2.24, 2.45) is 22.7 Å². The highest BCUT2D eigenvalue weighted by atomic mass is 14.9. The molecule has 0 aromatic heterocycles. The molecular weight excluding hydrogens is 242 g/mol. The minimum absolute atomic E-state index is 0.635. The Morgan fingerprint density at radius 3 is 2.50 bits per heavy atom. The molecule has 3 atom stereocenters. The van der Waals surface area contributed by atoms with E-state index in [1.807, 2.05) is 0 Å². The number of rotatable bonds is 7. The third-order valence-corrected chi connectivity index (χ3v) is 6.49. The second-order valence-corrected chi connectivity index (χ2v) is 8.46. The van der Waals surface area contributed by atoms with Crippen molar-refractivity contribution in [1.82, 2.24) is 5.32 Å². The van der Waals surface area contributed by atoms with Gasteiger partial charge in [0.15, 0.2) is 0 Å². The Kier molecular flexibility index (Phi) is 4.01. The zero-order valence-corrected chi connectivity index (χ0v) is 13.6. The molecule has 3 unspecified atom stereocenters. The summed E-state index contributed by atoms with van der Waals surface area (Å²) < 4.78 is 0. The summed E-state index contributed by atoms with van der Waals surface area (Å²) >= 11 is 0. The molecule has 0 heterocycles. The molecule has 0 radical (unpaired) electrons. The van der Waals surface area contributed by atoms with Crippen molar-refractivity contribution >= 4 is 0 Å². The second kappa shape index (κ2) is 5.48. The molecule has 0 aliphatic heterocycles. The quantitative estimate of drug-likeness (QED) is 0.513. The fraction of sp³-hybridized carbons (Fsp3) is 0.895. The maximum atomic E-state index is 3.89. The van der Waals surface area contributed by atoms with Crippen molar-refractivity contribution in [3.8, 4) is 0 Å². The van der Waals surface area contributed by atoms with Gasteiger partial charge in [0.05, 0.1) is 0 Å². The van der Waals surface area contributed by atoms with Gasteiger partial charge in [-0.3, -0.25) is 0 Å². The van der Waals surface area contributed by atoms with E-state index < -0.39 is 0 Å². The molecule has 1 N–H and O–H groups in total. The minimum Gasteiger partial charge on any atom is -0.314 e. The van der Waals surface area contributed by atoms with Crippen LogP contribution in [0.15, 0.2) is 12.7 Å². The summed E-state index contributed by atoms with van der Waals surface area (Å²) in [7, 11) is 0. The zero-order valence-electron chi connectivity index (χ0n) is 13.6. The fourth-order valence-electron chi connectivity index (χ4n) is 6.54. The van der Waals surface area contributed by atoms with E-state index in [9.17, 15) is 0 Å². The van der Waals surface area contributed by atoms with Gasteiger partial charge in [0.2, 0.25) is 0 Å². The Morgan fingerprint density at radius 1 is 1.25 bits per heavy atom. The number of unbranched alkanes of at least 4 members (excludes halogenated alkanes) is 1. The average molecular weight is 275 g/mol. The third kappa shape index (κ3) is 2.58. The van der Waals surface area contributed by atoms with Gasteiger partial charge >= 0.3 is 0 Å². The Balaban J connectivity index is 1.76. The molecule has 4 saturated carbocycles. The van der Waals surface area contributed by atoms with Gasteiger partial charge in [0.1, 0.15) is 0 Å². The van der Waals surface area contributed by atoms with Crippen molar-refractivity contribution in [3.05, 3.63) is 12.7 Å². The summed E-state index contributed by atoms with van der Waals surface area (Å²) in [6.45, 7) is 9.89. The minimum atomic E-state index is 0.635. The number of hydrogen-bond donors (Lipinski definition) is 1. The molecule has 0 spiro atoms. The smallest absolute Gasteiger partial charge is 0.0124 e. The van der Waals surface area contributed by atoms with Gasteiger partial charge < -0.3 is 5.32 Å². The predicted molar refractivity (Wildman–Crippen MR) is 86.7 cm³/mol. The maximum Gasteiger partial charge on any atom is 0.0124 e. The molecule has 4 aliphatic rings. The topological polar surface area (TPSA) is 12.0 Å².